The van der Waals surface area contributed by atoms with Crippen LogP contribution in [0.5, 0.6) is 11.5 Å². The van der Waals surface area contributed by atoms with Gasteiger partial charge < -0.3 is 15.0 Å². The molecule has 2 aromatic carbocycles. The Morgan fingerprint density at radius 2 is 1.55 bits per heavy atom. The van der Waals surface area contributed by atoms with Gasteiger partial charge in [-0.15, -0.1) is 0 Å². The standard InChI is InChI=1S/C21H24F3N3O2/c22-21(23,24)16-27-14-12-26(13-15-27)11-10-20(28)25-18-8-4-5-9-19(18)29-17-6-2-1-3-7-17/h1-9H,10-16H2,(H,25,28). The number of hydrogen-bond acceptors (Lipinski definition) is 4. The monoisotopic (exact) mass is 407 g/mol. The molecule has 1 aliphatic rings. The number of benzene rings is 2. The van der Waals surface area contributed by atoms with Gasteiger partial charge >= 0.3 is 6.18 Å². The molecule has 2 aromatic rings. The number of nitrogens with zero attached hydrogens (tertiary/aromatic N) is 2. The van der Waals surface area contributed by atoms with Gasteiger partial charge in [0.05, 0.1) is 12.2 Å². The van der Waals surface area contributed by atoms with Gasteiger partial charge in [-0.2, -0.15) is 13.2 Å². The SMILES string of the molecule is O=C(CCN1CCN(CC(F)(F)F)CC1)Nc1ccccc1Oc1ccccc1. The molecule has 0 unspecified atom stereocenters. The van der Waals surface area contributed by atoms with Crippen molar-refractivity contribution >= 4 is 11.6 Å². The van der Waals surface area contributed by atoms with Crippen LogP contribution in [0.25, 0.3) is 0 Å². The van der Waals surface area contributed by atoms with Crippen LogP contribution in [0.2, 0.25) is 0 Å². The number of carbonyl (C=O) groups is 1. The van der Waals surface area contributed by atoms with Crippen LogP contribution in [0, 0.1) is 0 Å². The Balaban J connectivity index is 1.46. The summed E-state index contributed by atoms with van der Waals surface area (Å²) in [5.74, 6) is 1.06. The minimum atomic E-state index is -4.17. The summed E-state index contributed by atoms with van der Waals surface area (Å²) in [6.07, 6.45) is -3.91. The van der Waals surface area contributed by atoms with Gasteiger partial charge in [0.2, 0.25) is 5.91 Å². The number of halogens is 3. The van der Waals surface area contributed by atoms with E-state index in [-0.39, 0.29) is 12.3 Å². The number of carbonyl (C=O) groups excluding carboxylic acids is 1. The molecule has 0 spiro atoms. The highest BCUT2D eigenvalue weighted by atomic mass is 19.4. The Hall–Kier alpha value is -2.58. The molecule has 1 amide bonds. The van der Waals surface area contributed by atoms with Crippen LogP contribution < -0.4 is 10.1 Å². The van der Waals surface area contributed by atoms with E-state index in [9.17, 15) is 18.0 Å². The summed E-state index contributed by atoms with van der Waals surface area (Å²) in [5.41, 5.74) is 0.580. The van der Waals surface area contributed by atoms with E-state index in [2.05, 4.69) is 5.32 Å². The molecule has 0 radical (unpaired) electrons. The fourth-order valence-corrected chi connectivity index (χ4v) is 3.17. The number of anilines is 1. The van der Waals surface area contributed by atoms with Gasteiger partial charge in [-0.3, -0.25) is 9.69 Å². The van der Waals surface area contributed by atoms with E-state index >= 15 is 0 Å². The van der Waals surface area contributed by atoms with Gasteiger partial charge in [0.15, 0.2) is 5.75 Å². The quantitative estimate of drug-likeness (QED) is 0.754. The maximum Gasteiger partial charge on any atom is 0.401 e. The van der Waals surface area contributed by atoms with Crippen LogP contribution in [0.4, 0.5) is 18.9 Å². The molecule has 1 aliphatic heterocycles. The average molecular weight is 407 g/mol. The molecule has 5 nitrogen and oxygen atoms in total. The average Bonchev–Trinajstić information content (AvgIpc) is 2.69. The van der Waals surface area contributed by atoms with Crippen molar-refractivity contribution in [1.29, 1.82) is 0 Å². The largest absolute Gasteiger partial charge is 0.455 e. The van der Waals surface area contributed by atoms with Gasteiger partial charge in [0.25, 0.3) is 0 Å². The molecule has 1 saturated heterocycles. The maximum absolute atomic E-state index is 12.5. The molecule has 1 heterocycles. The normalized spacial score (nSPS) is 15.8. The summed E-state index contributed by atoms with van der Waals surface area (Å²) in [4.78, 5) is 15.8. The number of ether oxygens (including phenoxy) is 1. The van der Waals surface area contributed by atoms with E-state index in [4.69, 9.17) is 4.74 Å². The Morgan fingerprint density at radius 3 is 2.24 bits per heavy atom. The summed E-state index contributed by atoms with van der Waals surface area (Å²) >= 11 is 0. The summed E-state index contributed by atoms with van der Waals surface area (Å²) in [5, 5.41) is 2.86. The molecule has 0 aliphatic carbocycles. The van der Waals surface area contributed by atoms with Crippen LogP contribution in [0.1, 0.15) is 6.42 Å². The van der Waals surface area contributed by atoms with E-state index < -0.39 is 12.7 Å². The van der Waals surface area contributed by atoms with E-state index in [1.54, 1.807) is 12.1 Å². The highest BCUT2D eigenvalue weighted by Gasteiger charge is 2.32. The third-order valence-corrected chi connectivity index (χ3v) is 4.66. The number of amides is 1. The molecule has 1 fully saturated rings. The first-order valence-corrected chi connectivity index (χ1v) is 9.52. The number of piperazine rings is 1. The van der Waals surface area contributed by atoms with Crippen LogP contribution in [-0.4, -0.2) is 61.2 Å². The lowest BCUT2D eigenvalue weighted by Crippen LogP contribution is -2.49. The highest BCUT2D eigenvalue weighted by molar-refractivity contribution is 5.92. The molecule has 0 aromatic heterocycles. The van der Waals surface area contributed by atoms with E-state index in [0.717, 1.165) is 0 Å². The predicted octanol–water partition coefficient (Wildman–Crippen LogP) is 3.99. The fourth-order valence-electron chi connectivity index (χ4n) is 3.17. The lowest BCUT2D eigenvalue weighted by molar-refractivity contribution is -0.149. The number of para-hydroxylation sites is 3. The minimum Gasteiger partial charge on any atom is -0.455 e. The molecule has 29 heavy (non-hydrogen) atoms. The van der Waals surface area contributed by atoms with Gasteiger partial charge in [0, 0.05) is 39.1 Å². The number of rotatable bonds is 7. The molecular weight excluding hydrogens is 383 g/mol. The predicted molar refractivity (Wildman–Crippen MR) is 105 cm³/mol. The van der Waals surface area contributed by atoms with Crippen LogP contribution in [0.3, 0.4) is 0 Å². The second kappa shape index (κ2) is 9.76. The molecule has 3 rings (SSSR count). The van der Waals surface area contributed by atoms with Crippen molar-refractivity contribution in [3.8, 4) is 11.5 Å². The third kappa shape index (κ3) is 7.07. The van der Waals surface area contributed by atoms with Crippen molar-refractivity contribution in [3.63, 3.8) is 0 Å². The van der Waals surface area contributed by atoms with Crippen LogP contribution in [-0.2, 0) is 4.79 Å². The Morgan fingerprint density at radius 1 is 0.931 bits per heavy atom. The fraction of sp³-hybridized carbons (Fsp3) is 0.381. The lowest BCUT2D eigenvalue weighted by Gasteiger charge is -2.34. The first kappa shape index (κ1) is 21.1. The topological polar surface area (TPSA) is 44.8 Å². The van der Waals surface area contributed by atoms with Crippen molar-refractivity contribution < 1.29 is 22.7 Å². The third-order valence-electron chi connectivity index (χ3n) is 4.66. The zero-order valence-corrected chi connectivity index (χ0v) is 16.0. The van der Waals surface area contributed by atoms with Crippen molar-refractivity contribution in [1.82, 2.24) is 9.80 Å². The molecule has 1 N–H and O–H groups in total. The van der Waals surface area contributed by atoms with Gasteiger partial charge in [0.1, 0.15) is 5.75 Å². The molecular formula is C21H24F3N3O2. The molecule has 0 bridgehead atoms. The van der Waals surface area contributed by atoms with E-state index in [1.807, 2.05) is 47.4 Å². The van der Waals surface area contributed by atoms with Crippen molar-refractivity contribution in [2.24, 2.45) is 0 Å². The summed E-state index contributed by atoms with van der Waals surface area (Å²) < 4.78 is 43.2. The minimum absolute atomic E-state index is 0.160. The van der Waals surface area contributed by atoms with Gasteiger partial charge in [-0.1, -0.05) is 30.3 Å². The second-order valence-corrected chi connectivity index (χ2v) is 6.94. The summed E-state index contributed by atoms with van der Waals surface area (Å²) in [6, 6.07) is 16.5. The van der Waals surface area contributed by atoms with Gasteiger partial charge in [-0.05, 0) is 24.3 Å². The lowest BCUT2D eigenvalue weighted by atomic mass is 10.2. The molecule has 8 heteroatoms. The van der Waals surface area contributed by atoms with Crippen molar-refractivity contribution in [3.05, 3.63) is 54.6 Å². The van der Waals surface area contributed by atoms with Crippen molar-refractivity contribution in [2.75, 3.05) is 44.6 Å². The second-order valence-electron chi connectivity index (χ2n) is 6.94. The molecule has 156 valence electrons. The van der Waals surface area contributed by atoms with E-state index in [0.29, 0.717) is 49.9 Å². The van der Waals surface area contributed by atoms with Gasteiger partial charge in [-0.25, -0.2) is 0 Å². The Labute approximate surface area is 168 Å². The van der Waals surface area contributed by atoms with Crippen molar-refractivity contribution in [2.45, 2.75) is 12.6 Å². The van der Waals surface area contributed by atoms with Crippen LogP contribution in [0.15, 0.2) is 54.6 Å². The first-order chi connectivity index (χ1) is 13.9. The van der Waals surface area contributed by atoms with E-state index in [1.165, 1.54) is 4.90 Å². The highest BCUT2D eigenvalue weighted by Crippen LogP contribution is 2.29. The number of nitrogens with one attached hydrogen (secondary N) is 1. The smallest absolute Gasteiger partial charge is 0.401 e. The number of alkyl halides is 3. The Kier molecular flexibility index (Phi) is 7.11. The zero-order valence-electron chi connectivity index (χ0n) is 16.0. The summed E-state index contributed by atoms with van der Waals surface area (Å²) in [6.45, 7) is 1.39. The Bertz CT molecular complexity index is 791. The summed E-state index contributed by atoms with van der Waals surface area (Å²) in [7, 11) is 0. The zero-order chi connectivity index (χ0) is 20.7. The maximum atomic E-state index is 12.5. The van der Waals surface area contributed by atoms with Crippen LogP contribution >= 0.6 is 0 Å². The molecule has 0 atom stereocenters. The first-order valence-electron chi connectivity index (χ1n) is 9.52. The number of hydrogen-bond donors (Lipinski definition) is 1. The molecule has 0 saturated carbocycles.